The summed E-state index contributed by atoms with van der Waals surface area (Å²) in [6.45, 7) is 7.03. The van der Waals surface area contributed by atoms with E-state index in [0.717, 1.165) is 24.2 Å². The summed E-state index contributed by atoms with van der Waals surface area (Å²) in [6, 6.07) is 15.6. The van der Waals surface area contributed by atoms with E-state index in [1.807, 2.05) is 6.92 Å². The lowest BCUT2D eigenvalue weighted by Crippen LogP contribution is -2.15. The highest BCUT2D eigenvalue weighted by Gasteiger charge is 2.43. The minimum Gasteiger partial charge on any atom is -0.494 e. The first-order valence-electron chi connectivity index (χ1n) is 11.2. The minimum atomic E-state index is 0.0356. The maximum absolute atomic E-state index is 6.83. The van der Waals surface area contributed by atoms with Crippen molar-refractivity contribution in [2.45, 2.75) is 81.9 Å². The van der Waals surface area contributed by atoms with E-state index in [1.54, 1.807) is 0 Å². The zero-order valence-electron chi connectivity index (χ0n) is 18.0. The largest absolute Gasteiger partial charge is 0.494 e. The SMILES string of the molecule is CCCCCCc1ccc(C2C(Cl)CC(Cl)C2c2ccc(C)c(OCC)c2)cc1. The number of unbranched alkanes of at least 4 members (excludes halogenated alkanes) is 3. The Morgan fingerprint density at radius 1 is 0.862 bits per heavy atom. The van der Waals surface area contributed by atoms with E-state index >= 15 is 0 Å². The molecule has 158 valence electrons. The van der Waals surface area contributed by atoms with Crippen LogP contribution in [0.5, 0.6) is 5.75 Å². The lowest BCUT2D eigenvalue weighted by atomic mass is 9.83. The molecule has 4 unspecified atom stereocenters. The Labute approximate surface area is 186 Å². The molecule has 1 nitrogen and oxygen atoms in total. The van der Waals surface area contributed by atoms with Gasteiger partial charge in [0.1, 0.15) is 5.75 Å². The fraction of sp³-hybridized carbons (Fsp3) is 0.538. The van der Waals surface area contributed by atoms with Crippen LogP contribution in [0, 0.1) is 6.92 Å². The van der Waals surface area contributed by atoms with Crippen molar-refractivity contribution in [3.63, 3.8) is 0 Å². The number of hydrogen-bond acceptors (Lipinski definition) is 1. The highest BCUT2D eigenvalue weighted by molar-refractivity contribution is 6.25. The Bertz CT molecular complexity index is 771. The first kappa shape index (κ1) is 22.5. The molecule has 0 spiro atoms. The van der Waals surface area contributed by atoms with E-state index in [0.29, 0.717) is 6.61 Å². The molecule has 1 fully saturated rings. The normalized spacial score (nSPS) is 24.0. The molecular formula is C26H34Cl2O. The number of halogens is 2. The fourth-order valence-corrected chi connectivity index (χ4v) is 5.67. The molecule has 4 atom stereocenters. The molecular weight excluding hydrogens is 399 g/mol. The van der Waals surface area contributed by atoms with Crippen molar-refractivity contribution in [2.75, 3.05) is 6.61 Å². The molecule has 0 heterocycles. The monoisotopic (exact) mass is 432 g/mol. The van der Waals surface area contributed by atoms with Crippen LogP contribution in [0.15, 0.2) is 42.5 Å². The van der Waals surface area contributed by atoms with E-state index in [4.69, 9.17) is 27.9 Å². The smallest absolute Gasteiger partial charge is 0.122 e. The molecule has 0 aliphatic heterocycles. The molecule has 0 bridgehead atoms. The van der Waals surface area contributed by atoms with Crippen molar-refractivity contribution < 1.29 is 4.74 Å². The van der Waals surface area contributed by atoms with Crippen molar-refractivity contribution >= 4 is 23.2 Å². The van der Waals surface area contributed by atoms with Gasteiger partial charge in [-0.25, -0.2) is 0 Å². The number of hydrogen-bond donors (Lipinski definition) is 0. The second-order valence-electron chi connectivity index (χ2n) is 8.33. The molecule has 0 radical (unpaired) electrons. The molecule has 3 heteroatoms. The van der Waals surface area contributed by atoms with Gasteiger partial charge in [0.2, 0.25) is 0 Å². The van der Waals surface area contributed by atoms with Crippen molar-refractivity contribution in [2.24, 2.45) is 0 Å². The van der Waals surface area contributed by atoms with Gasteiger partial charge in [-0.2, -0.15) is 0 Å². The summed E-state index contributed by atoms with van der Waals surface area (Å²) in [5.74, 6) is 1.38. The summed E-state index contributed by atoms with van der Waals surface area (Å²) in [4.78, 5) is 0. The maximum atomic E-state index is 6.83. The molecule has 1 aliphatic carbocycles. The molecule has 2 aromatic rings. The second-order valence-corrected chi connectivity index (χ2v) is 9.45. The number of aryl methyl sites for hydroxylation is 2. The lowest BCUT2D eigenvalue weighted by Gasteiger charge is -2.25. The van der Waals surface area contributed by atoms with Crippen molar-refractivity contribution in [1.29, 1.82) is 0 Å². The highest BCUT2D eigenvalue weighted by atomic mass is 35.5. The van der Waals surface area contributed by atoms with E-state index in [-0.39, 0.29) is 22.6 Å². The molecule has 0 aromatic heterocycles. The highest BCUT2D eigenvalue weighted by Crippen LogP contribution is 2.51. The standard InChI is InChI=1S/C26H34Cl2O/c1-4-6-7-8-9-19-11-14-20(15-12-19)25-22(27)17-23(28)26(25)21-13-10-18(3)24(16-21)29-5-2/h10-16,22-23,25-26H,4-9,17H2,1-3H3. The Morgan fingerprint density at radius 3 is 2.17 bits per heavy atom. The third-order valence-electron chi connectivity index (χ3n) is 6.20. The Balaban J connectivity index is 1.80. The van der Waals surface area contributed by atoms with Gasteiger partial charge in [0.25, 0.3) is 0 Å². The van der Waals surface area contributed by atoms with Gasteiger partial charge < -0.3 is 4.74 Å². The summed E-state index contributed by atoms with van der Waals surface area (Å²) in [6.07, 6.45) is 7.18. The predicted molar refractivity (Wildman–Crippen MR) is 126 cm³/mol. The molecule has 0 saturated heterocycles. The molecule has 2 aromatic carbocycles. The Kier molecular flexibility index (Phi) is 8.33. The average molecular weight is 433 g/mol. The van der Waals surface area contributed by atoms with Crippen LogP contribution in [0.25, 0.3) is 0 Å². The van der Waals surface area contributed by atoms with Gasteiger partial charge in [-0.3, -0.25) is 0 Å². The second kappa shape index (κ2) is 10.7. The van der Waals surface area contributed by atoms with Crippen LogP contribution in [0.4, 0.5) is 0 Å². The third kappa shape index (κ3) is 5.50. The lowest BCUT2D eigenvalue weighted by molar-refractivity contribution is 0.337. The first-order valence-corrected chi connectivity index (χ1v) is 12.0. The molecule has 1 aliphatic rings. The number of rotatable bonds is 9. The van der Waals surface area contributed by atoms with Gasteiger partial charge in [-0.05, 0) is 61.4 Å². The van der Waals surface area contributed by atoms with Crippen LogP contribution in [0.1, 0.15) is 80.0 Å². The number of ether oxygens (including phenoxy) is 1. The van der Waals surface area contributed by atoms with Crippen molar-refractivity contribution in [3.05, 3.63) is 64.7 Å². The summed E-state index contributed by atoms with van der Waals surface area (Å²) in [7, 11) is 0. The van der Waals surface area contributed by atoms with E-state index in [1.165, 1.54) is 42.4 Å². The topological polar surface area (TPSA) is 9.23 Å². The van der Waals surface area contributed by atoms with E-state index in [2.05, 4.69) is 56.3 Å². The summed E-state index contributed by atoms with van der Waals surface area (Å²) < 4.78 is 5.83. The van der Waals surface area contributed by atoms with Crippen LogP contribution in [-0.4, -0.2) is 17.4 Å². The molecule has 29 heavy (non-hydrogen) atoms. The maximum Gasteiger partial charge on any atom is 0.122 e. The van der Waals surface area contributed by atoms with Gasteiger partial charge in [0.15, 0.2) is 0 Å². The fourth-order valence-electron chi connectivity index (χ4n) is 4.59. The van der Waals surface area contributed by atoms with Gasteiger partial charge in [-0.1, -0.05) is 62.6 Å². The van der Waals surface area contributed by atoms with Crippen LogP contribution >= 0.6 is 23.2 Å². The number of benzene rings is 2. The van der Waals surface area contributed by atoms with E-state index in [9.17, 15) is 0 Å². The number of alkyl halides is 2. The first-order chi connectivity index (χ1) is 14.0. The van der Waals surface area contributed by atoms with Gasteiger partial charge in [0, 0.05) is 22.6 Å². The summed E-state index contributed by atoms with van der Waals surface area (Å²) >= 11 is 13.7. The summed E-state index contributed by atoms with van der Waals surface area (Å²) in [5, 5.41) is 0.0863. The van der Waals surface area contributed by atoms with Crippen LogP contribution in [-0.2, 0) is 6.42 Å². The Morgan fingerprint density at radius 2 is 1.52 bits per heavy atom. The quantitative estimate of drug-likeness (QED) is 0.288. The van der Waals surface area contributed by atoms with Crippen LogP contribution in [0.2, 0.25) is 0 Å². The van der Waals surface area contributed by atoms with Crippen LogP contribution in [0.3, 0.4) is 0 Å². The van der Waals surface area contributed by atoms with Crippen molar-refractivity contribution in [1.82, 2.24) is 0 Å². The van der Waals surface area contributed by atoms with Crippen molar-refractivity contribution in [3.8, 4) is 5.75 Å². The molecule has 1 saturated carbocycles. The van der Waals surface area contributed by atoms with E-state index < -0.39 is 0 Å². The minimum absolute atomic E-state index is 0.0356. The third-order valence-corrected chi connectivity index (χ3v) is 7.10. The van der Waals surface area contributed by atoms with Crippen LogP contribution < -0.4 is 4.74 Å². The van der Waals surface area contributed by atoms with Gasteiger partial charge in [0.05, 0.1) is 6.61 Å². The average Bonchev–Trinajstić information content (AvgIpc) is 3.01. The molecule has 3 rings (SSSR count). The molecule has 0 amide bonds. The Hall–Kier alpha value is -1.18. The van der Waals surface area contributed by atoms with Gasteiger partial charge >= 0.3 is 0 Å². The zero-order valence-corrected chi connectivity index (χ0v) is 19.5. The van der Waals surface area contributed by atoms with Gasteiger partial charge in [-0.15, -0.1) is 23.2 Å². The summed E-state index contributed by atoms with van der Waals surface area (Å²) in [5.41, 5.74) is 5.11. The molecule has 0 N–H and O–H groups in total. The predicted octanol–water partition coefficient (Wildman–Crippen LogP) is 8.00. The zero-order chi connectivity index (χ0) is 20.8.